The fourth-order valence-corrected chi connectivity index (χ4v) is 1.91. The zero-order valence-electron chi connectivity index (χ0n) is 11.1. The molecule has 0 aliphatic heterocycles. The Bertz CT molecular complexity index is 326. The predicted molar refractivity (Wildman–Crippen MR) is 73.8 cm³/mol. The van der Waals surface area contributed by atoms with Crippen LogP contribution in [0.25, 0.3) is 0 Å². The van der Waals surface area contributed by atoms with Gasteiger partial charge in [0.1, 0.15) is 0 Å². The van der Waals surface area contributed by atoms with Crippen LogP contribution in [0.4, 0.5) is 0 Å². The van der Waals surface area contributed by atoms with Crippen LogP contribution in [0, 0.1) is 0 Å². The minimum Gasteiger partial charge on any atom is -0.382 e. The van der Waals surface area contributed by atoms with Crippen LogP contribution < -0.4 is 0 Å². The molecule has 0 bridgehead atoms. The van der Waals surface area contributed by atoms with E-state index < -0.39 is 0 Å². The largest absolute Gasteiger partial charge is 0.382 e. The van der Waals surface area contributed by atoms with Crippen molar-refractivity contribution in [1.29, 1.82) is 0 Å². The fourth-order valence-electron chi connectivity index (χ4n) is 1.91. The van der Waals surface area contributed by atoms with Crippen LogP contribution >= 0.6 is 0 Å². The third-order valence-corrected chi connectivity index (χ3v) is 2.85. The summed E-state index contributed by atoms with van der Waals surface area (Å²) < 4.78 is 5.26. The molecule has 94 valence electrons. The molecule has 0 aromatic heterocycles. The first-order chi connectivity index (χ1) is 8.30. The van der Waals surface area contributed by atoms with Crippen LogP contribution in [0.5, 0.6) is 0 Å². The molecule has 0 aliphatic carbocycles. The Hall–Kier alpha value is -1.15. The van der Waals surface area contributed by atoms with Crippen molar-refractivity contribution in [1.82, 2.24) is 0 Å². The van der Waals surface area contributed by atoms with Gasteiger partial charge in [-0.05, 0) is 24.8 Å². The first-order valence-corrected chi connectivity index (χ1v) is 6.38. The van der Waals surface area contributed by atoms with E-state index in [1.54, 1.807) is 7.11 Å². The lowest BCUT2D eigenvalue weighted by molar-refractivity contribution is 0.180. The Balaban J connectivity index is 2.69. The first kappa shape index (κ1) is 13.9. The van der Waals surface area contributed by atoms with Crippen LogP contribution in [-0.2, 0) is 11.2 Å². The van der Waals surface area contributed by atoms with Gasteiger partial charge in [0, 0.05) is 12.8 Å². The highest BCUT2D eigenvalue weighted by Crippen LogP contribution is 2.08. The lowest BCUT2D eigenvalue weighted by atomic mass is 10.1. The number of aliphatic imine (C=N–C) groups is 1. The van der Waals surface area contributed by atoms with E-state index in [2.05, 4.69) is 38.1 Å². The molecule has 2 nitrogen and oxygen atoms in total. The highest BCUT2D eigenvalue weighted by atomic mass is 16.5. The van der Waals surface area contributed by atoms with E-state index in [1.807, 2.05) is 6.07 Å². The van der Waals surface area contributed by atoms with Gasteiger partial charge in [-0.1, -0.05) is 44.2 Å². The highest BCUT2D eigenvalue weighted by molar-refractivity contribution is 5.84. The maximum Gasteiger partial charge on any atom is 0.0772 e. The Morgan fingerprint density at radius 1 is 1.18 bits per heavy atom. The summed E-state index contributed by atoms with van der Waals surface area (Å²) in [5, 5.41) is 0. The van der Waals surface area contributed by atoms with Crippen molar-refractivity contribution in [2.45, 2.75) is 39.2 Å². The van der Waals surface area contributed by atoms with Gasteiger partial charge in [-0.15, -0.1) is 0 Å². The summed E-state index contributed by atoms with van der Waals surface area (Å²) in [6, 6.07) is 10.7. The summed E-state index contributed by atoms with van der Waals surface area (Å²) in [7, 11) is 1.74. The van der Waals surface area contributed by atoms with E-state index in [0.717, 1.165) is 19.3 Å². The fraction of sp³-hybridized carbons (Fsp3) is 0.533. The monoisotopic (exact) mass is 233 g/mol. The van der Waals surface area contributed by atoms with Gasteiger partial charge in [0.15, 0.2) is 0 Å². The second-order valence-corrected chi connectivity index (χ2v) is 4.20. The van der Waals surface area contributed by atoms with Gasteiger partial charge < -0.3 is 4.74 Å². The quantitative estimate of drug-likeness (QED) is 0.660. The van der Waals surface area contributed by atoms with E-state index in [1.165, 1.54) is 11.3 Å². The molecule has 1 aromatic carbocycles. The summed E-state index contributed by atoms with van der Waals surface area (Å²) in [6.45, 7) is 5.02. The standard InChI is InChI=1S/C15H23NO/c1-4-14(5-2)16-15(12-17-3)11-13-9-7-6-8-10-13/h6-10,15H,4-5,11-12H2,1-3H3/t15-/m0/s1. The van der Waals surface area contributed by atoms with Crippen molar-refractivity contribution in [2.24, 2.45) is 4.99 Å². The number of benzene rings is 1. The third-order valence-electron chi connectivity index (χ3n) is 2.85. The van der Waals surface area contributed by atoms with Crippen molar-refractivity contribution in [3.05, 3.63) is 35.9 Å². The molecule has 0 radical (unpaired) electrons. The number of methoxy groups -OCH3 is 1. The third kappa shape index (κ3) is 5.14. The van der Waals surface area contributed by atoms with Gasteiger partial charge in [0.25, 0.3) is 0 Å². The molecule has 17 heavy (non-hydrogen) atoms. The molecule has 0 amide bonds. The highest BCUT2D eigenvalue weighted by Gasteiger charge is 2.08. The van der Waals surface area contributed by atoms with E-state index in [0.29, 0.717) is 6.61 Å². The summed E-state index contributed by atoms with van der Waals surface area (Å²) in [5.41, 5.74) is 2.60. The van der Waals surface area contributed by atoms with Gasteiger partial charge >= 0.3 is 0 Å². The summed E-state index contributed by atoms with van der Waals surface area (Å²) in [4.78, 5) is 4.79. The van der Waals surface area contributed by atoms with Gasteiger partial charge in [-0.3, -0.25) is 4.99 Å². The van der Waals surface area contributed by atoms with Crippen molar-refractivity contribution >= 4 is 5.71 Å². The minimum atomic E-state index is 0.247. The summed E-state index contributed by atoms with van der Waals surface area (Å²) in [5.74, 6) is 0. The van der Waals surface area contributed by atoms with E-state index >= 15 is 0 Å². The second-order valence-electron chi connectivity index (χ2n) is 4.20. The van der Waals surface area contributed by atoms with Crippen molar-refractivity contribution in [3.63, 3.8) is 0 Å². The van der Waals surface area contributed by atoms with Crippen LogP contribution in [0.2, 0.25) is 0 Å². The molecule has 0 saturated heterocycles. The second kappa shape index (κ2) is 8.02. The van der Waals surface area contributed by atoms with Gasteiger partial charge in [-0.2, -0.15) is 0 Å². The molecule has 0 aliphatic rings. The van der Waals surface area contributed by atoms with Gasteiger partial charge in [0.2, 0.25) is 0 Å². The smallest absolute Gasteiger partial charge is 0.0772 e. The first-order valence-electron chi connectivity index (χ1n) is 6.38. The Kier molecular flexibility index (Phi) is 6.56. The number of hydrogen-bond acceptors (Lipinski definition) is 2. The Morgan fingerprint density at radius 2 is 1.82 bits per heavy atom. The molecule has 2 heteroatoms. The van der Waals surface area contributed by atoms with Crippen molar-refractivity contribution in [3.8, 4) is 0 Å². The van der Waals surface area contributed by atoms with E-state index in [-0.39, 0.29) is 6.04 Å². The van der Waals surface area contributed by atoms with Crippen LogP contribution in [-0.4, -0.2) is 25.5 Å². The molecular weight excluding hydrogens is 210 g/mol. The predicted octanol–water partition coefficient (Wildman–Crippen LogP) is 3.51. The lowest BCUT2D eigenvalue weighted by Crippen LogP contribution is -2.17. The zero-order valence-corrected chi connectivity index (χ0v) is 11.1. The summed E-state index contributed by atoms with van der Waals surface area (Å²) >= 11 is 0. The molecule has 0 spiro atoms. The molecule has 0 fully saturated rings. The van der Waals surface area contributed by atoms with Gasteiger partial charge in [0.05, 0.1) is 12.6 Å². The maximum atomic E-state index is 5.26. The van der Waals surface area contributed by atoms with Crippen LogP contribution in [0.1, 0.15) is 32.3 Å². The average Bonchev–Trinajstić information content (AvgIpc) is 2.37. The van der Waals surface area contributed by atoms with E-state index in [9.17, 15) is 0 Å². The minimum absolute atomic E-state index is 0.247. The normalized spacial score (nSPS) is 12.2. The lowest BCUT2D eigenvalue weighted by Gasteiger charge is -2.13. The van der Waals surface area contributed by atoms with Crippen molar-refractivity contribution < 1.29 is 4.74 Å². The number of rotatable bonds is 7. The molecule has 0 heterocycles. The number of nitrogens with zero attached hydrogens (tertiary/aromatic N) is 1. The molecule has 1 aromatic rings. The molecule has 1 rings (SSSR count). The Morgan fingerprint density at radius 3 is 2.35 bits per heavy atom. The molecule has 0 saturated carbocycles. The topological polar surface area (TPSA) is 21.6 Å². The average molecular weight is 233 g/mol. The van der Waals surface area contributed by atoms with Gasteiger partial charge in [-0.25, -0.2) is 0 Å². The van der Waals surface area contributed by atoms with E-state index in [4.69, 9.17) is 9.73 Å². The zero-order chi connectivity index (χ0) is 12.5. The maximum absolute atomic E-state index is 5.26. The van der Waals surface area contributed by atoms with Crippen LogP contribution in [0.3, 0.4) is 0 Å². The van der Waals surface area contributed by atoms with Crippen LogP contribution in [0.15, 0.2) is 35.3 Å². The SMILES string of the molecule is CCC(CC)=N[C@H](COC)Cc1ccccc1. The molecular formula is C15H23NO. The number of hydrogen-bond donors (Lipinski definition) is 0. The molecule has 0 unspecified atom stereocenters. The summed E-state index contributed by atoms with van der Waals surface area (Å²) in [6.07, 6.45) is 3.02. The Labute approximate surface area is 105 Å². The molecule has 1 atom stereocenters. The van der Waals surface area contributed by atoms with Crippen molar-refractivity contribution in [2.75, 3.05) is 13.7 Å². The number of ether oxygens (including phenoxy) is 1. The molecule has 0 N–H and O–H groups in total.